The first-order chi connectivity index (χ1) is 9.47. The van der Waals surface area contributed by atoms with Crippen LogP contribution in [0.3, 0.4) is 0 Å². The van der Waals surface area contributed by atoms with Crippen LogP contribution < -0.4 is 4.90 Å². The lowest BCUT2D eigenvalue weighted by Crippen LogP contribution is -2.35. The minimum absolute atomic E-state index is 0.107. The summed E-state index contributed by atoms with van der Waals surface area (Å²) in [5.74, 6) is 0.866. The summed E-state index contributed by atoms with van der Waals surface area (Å²) in [6, 6.07) is 5.87. The predicted molar refractivity (Wildman–Crippen MR) is 87.6 cm³/mol. The van der Waals surface area contributed by atoms with E-state index < -0.39 is 0 Å². The summed E-state index contributed by atoms with van der Waals surface area (Å²) in [4.78, 5) is 16.1. The summed E-state index contributed by atoms with van der Waals surface area (Å²) in [7, 11) is 4.32. The average molecular weight is 339 g/mol. The molecule has 0 spiro atoms. The highest BCUT2D eigenvalue weighted by Gasteiger charge is 2.19. The number of hydrogen-bond donors (Lipinski definition) is 0. The number of carbonyl (C=O) groups is 1. The van der Waals surface area contributed by atoms with Crippen LogP contribution >= 0.6 is 15.9 Å². The highest BCUT2D eigenvalue weighted by Crippen LogP contribution is 2.28. The molecule has 1 aliphatic rings. The molecule has 1 heterocycles. The number of hydrogen-bond acceptors (Lipinski definition) is 3. The van der Waals surface area contributed by atoms with Crippen LogP contribution in [0.1, 0.15) is 30.1 Å². The molecule has 1 aliphatic heterocycles. The van der Waals surface area contributed by atoms with Crippen LogP contribution in [0.4, 0.5) is 5.69 Å². The maximum Gasteiger partial charge on any atom is 0.159 e. The molecule has 2 rings (SSSR count). The van der Waals surface area contributed by atoms with Gasteiger partial charge >= 0.3 is 0 Å². The van der Waals surface area contributed by atoms with Crippen molar-refractivity contribution in [3.63, 3.8) is 0 Å². The average Bonchev–Trinajstić information content (AvgIpc) is 2.41. The fraction of sp³-hybridized carbons (Fsp3) is 0.562. The minimum atomic E-state index is 0.107. The van der Waals surface area contributed by atoms with Crippen molar-refractivity contribution in [2.45, 2.75) is 19.8 Å². The van der Waals surface area contributed by atoms with Crippen LogP contribution in [0.25, 0.3) is 0 Å². The molecule has 1 aromatic carbocycles. The van der Waals surface area contributed by atoms with E-state index in [0.29, 0.717) is 0 Å². The van der Waals surface area contributed by atoms with E-state index in [4.69, 9.17) is 0 Å². The van der Waals surface area contributed by atoms with E-state index in [1.807, 2.05) is 18.2 Å². The van der Waals surface area contributed by atoms with E-state index in [1.165, 1.54) is 25.9 Å². The molecule has 0 atom stereocenters. The molecule has 4 heteroatoms. The quantitative estimate of drug-likeness (QED) is 0.786. The Morgan fingerprint density at radius 2 is 2.05 bits per heavy atom. The van der Waals surface area contributed by atoms with Gasteiger partial charge in [-0.25, -0.2) is 0 Å². The van der Waals surface area contributed by atoms with Crippen molar-refractivity contribution in [3.05, 3.63) is 28.2 Å². The van der Waals surface area contributed by atoms with Crippen LogP contribution in [0.15, 0.2) is 22.7 Å². The Bertz CT molecular complexity index is 481. The number of rotatable bonds is 4. The standard InChI is InChI=1S/C16H23BrN2O/c1-12(20)14-4-5-16(15(17)10-14)19(3)11-13-6-8-18(2)9-7-13/h4-5,10,13H,6-9,11H2,1-3H3. The van der Waals surface area contributed by atoms with Crippen LogP contribution in [0.5, 0.6) is 0 Å². The minimum Gasteiger partial charge on any atom is -0.373 e. The van der Waals surface area contributed by atoms with Crippen molar-refractivity contribution >= 4 is 27.4 Å². The highest BCUT2D eigenvalue weighted by molar-refractivity contribution is 9.10. The zero-order valence-corrected chi connectivity index (χ0v) is 14.1. The topological polar surface area (TPSA) is 23.6 Å². The summed E-state index contributed by atoms with van der Waals surface area (Å²) in [6.07, 6.45) is 2.54. The van der Waals surface area contributed by atoms with Crippen LogP contribution in [-0.2, 0) is 0 Å². The Morgan fingerprint density at radius 3 is 2.60 bits per heavy atom. The molecule has 0 unspecified atom stereocenters. The van der Waals surface area contributed by atoms with Gasteiger partial charge in [0.2, 0.25) is 0 Å². The second-order valence-corrected chi connectivity index (χ2v) is 6.70. The Balaban J connectivity index is 2.02. The molecule has 0 aromatic heterocycles. The molecular weight excluding hydrogens is 316 g/mol. The SMILES string of the molecule is CC(=O)c1ccc(N(C)CC2CCN(C)CC2)c(Br)c1. The van der Waals surface area contributed by atoms with Crippen molar-refractivity contribution in [3.8, 4) is 0 Å². The highest BCUT2D eigenvalue weighted by atomic mass is 79.9. The van der Waals surface area contributed by atoms with Crippen LogP contribution in [0, 0.1) is 5.92 Å². The number of ketones is 1. The number of Topliss-reactive ketones (excluding diaryl/α,β-unsaturated/α-hetero) is 1. The van der Waals surface area contributed by atoms with Gasteiger partial charge < -0.3 is 9.80 Å². The monoisotopic (exact) mass is 338 g/mol. The van der Waals surface area contributed by atoms with E-state index in [1.54, 1.807) is 6.92 Å². The Hall–Kier alpha value is -0.870. The molecule has 3 nitrogen and oxygen atoms in total. The maximum atomic E-state index is 11.4. The van der Waals surface area contributed by atoms with Gasteiger partial charge in [0, 0.05) is 23.6 Å². The fourth-order valence-electron chi connectivity index (χ4n) is 2.77. The molecule has 0 bridgehead atoms. The van der Waals surface area contributed by atoms with E-state index >= 15 is 0 Å². The second kappa shape index (κ2) is 6.72. The van der Waals surface area contributed by atoms with E-state index in [2.05, 4.69) is 39.8 Å². The molecule has 0 amide bonds. The molecule has 1 aromatic rings. The van der Waals surface area contributed by atoms with Gasteiger partial charge in [-0.2, -0.15) is 0 Å². The molecule has 0 N–H and O–H groups in total. The zero-order valence-electron chi connectivity index (χ0n) is 12.5. The molecule has 110 valence electrons. The molecule has 0 radical (unpaired) electrons. The third-order valence-electron chi connectivity index (χ3n) is 4.14. The van der Waals surface area contributed by atoms with Gasteiger partial charge in [0.15, 0.2) is 5.78 Å². The van der Waals surface area contributed by atoms with Crippen molar-refractivity contribution < 1.29 is 4.79 Å². The summed E-state index contributed by atoms with van der Waals surface area (Å²) in [5.41, 5.74) is 1.92. The summed E-state index contributed by atoms with van der Waals surface area (Å²) in [5, 5.41) is 0. The largest absolute Gasteiger partial charge is 0.373 e. The number of halogens is 1. The number of likely N-dealkylation sites (tertiary alicyclic amines) is 1. The molecule has 20 heavy (non-hydrogen) atoms. The van der Waals surface area contributed by atoms with Crippen molar-refractivity contribution in [2.24, 2.45) is 5.92 Å². The Morgan fingerprint density at radius 1 is 1.40 bits per heavy atom. The molecular formula is C16H23BrN2O. The fourth-order valence-corrected chi connectivity index (χ4v) is 3.45. The van der Waals surface area contributed by atoms with Crippen LogP contribution in [-0.4, -0.2) is 44.4 Å². The number of benzene rings is 1. The van der Waals surface area contributed by atoms with Gasteiger partial charge in [-0.1, -0.05) is 0 Å². The number of piperidine rings is 1. The molecule has 0 saturated carbocycles. The Labute approximate surface area is 130 Å². The van der Waals surface area contributed by atoms with Gasteiger partial charge in [-0.3, -0.25) is 4.79 Å². The van der Waals surface area contributed by atoms with Gasteiger partial charge in [0.1, 0.15) is 0 Å². The van der Waals surface area contributed by atoms with Gasteiger partial charge in [0.05, 0.1) is 5.69 Å². The van der Waals surface area contributed by atoms with E-state index in [9.17, 15) is 4.79 Å². The molecule has 1 fully saturated rings. The molecule has 1 saturated heterocycles. The number of anilines is 1. The first-order valence-electron chi connectivity index (χ1n) is 7.17. The lowest BCUT2D eigenvalue weighted by molar-refractivity contribution is 0.101. The Kier molecular flexibility index (Phi) is 5.22. The normalized spacial score (nSPS) is 17.2. The van der Waals surface area contributed by atoms with Gasteiger partial charge in [-0.05, 0) is 79.9 Å². The van der Waals surface area contributed by atoms with Gasteiger partial charge in [0.25, 0.3) is 0 Å². The van der Waals surface area contributed by atoms with E-state index in [-0.39, 0.29) is 5.78 Å². The van der Waals surface area contributed by atoms with Crippen molar-refractivity contribution in [1.82, 2.24) is 4.90 Å². The first-order valence-corrected chi connectivity index (χ1v) is 7.97. The zero-order chi connectivity index (χ0) is 14.7. The lowest BCUT2D eigenvalue weighted by Gasteiger charge is -2.32. The second-order valence-electron chi connectivity index (χ2n) is 5.85. The third-order valence-corrected chi connectivity index (χ3v) is 4.77. The lowest BCUT2D eigenvalue weighted by atomic mass is 9.96. The van der Waals surface area contributed by atoms with E-state index in [0.717, 1.165) is 28.2 Å². The molecule has 0 aliphatic carbocycles. The first kappa shape index (κ1) is 15.5. The number of nitrogens with zero attached hydrogens (tertiary/aromatic N) is 2. The summed E-state index contributed by atoms with van der Waals surface area (Å²) in [6.45, 7) is 5.07. The third kappa shape index (κ3) is 3.83. The van der Waals surface area contributed by atoms with Crippen molar-refractivity contribution in [2.75, 3.05) is 38.6 Å². The predicted octanol–water partition coefficient (Wildman–Crippen LogP) is 3.43. The maximum absolute atomic E-state index is 11.4. The van der Waals surface area contributed by atoms with Crippen LogP contribution in [0.2, 0.25) is 0 Å². The van der Waals surface area contributed by atoms with Gasteiger partial charge in [-0.15, -0.1) is 0 Å². The summed E-state index contributed by atoms with van der Waals surface area (Å²) >= 11 is 3.59. The smallest absolute Gasteiger partial charge is 0.159 e. The van der Waals surface area contributed by atoms with Crippen molar-refractivity contribution in [1.29, 1.82) is 0 Å². The number of carbonyl (C=O) groups excluding carboxylic acids is 1. The summed E-state index contributed by atoms with van der Waals surface area (Å²) < 4.78 is 1.00.